The van der Waals surface area contributed by atoms with Gasteiger partial charge in [0, 0.05) is 35.2 Å². The number of nitrogens with zero attached hydrogens (tertiary/aromatic N) is 3. The molecule has 0 spiro atoms. The quantitative estimate of drug-likeness (QED) is 0.676. The number of hydrogen-bond donors (Lipinski definition) is 1. The van der Waals surface area contributed by atoms with Crippen LogP contribution in [0.3, 0.4) is 0 Å². The van der Waals surface area contributed by atoms with Crippen molar-refractivity contribution in [3.8, 4) is 5.69 Å². The number of aromatic nitrogens is 2. The van der Waals surface area contributed by atoms with Gasteiger partial charge in [0.2, 0.25) is 0 Å². The molecule has 3 heterocycles. The molecule has 1 fully saturated rings. The van der Waals surface area contributed by atoms with Gasteiger partial charge in [-0.3, -0.25) is 9.69 Å². The monoisotopic (exact) mass is 398 g/mol. The van der Waals surface area contributed by atoms with E-state index < -0.39 is 0 Å². The highest BCUT2D eigenvalue weighted by Gasteiger charge is 2.34. The van der Waals surface area contributed by atoms with Crippen LogP contribution in [0.4, 0.5) is 5.00 Å². The number of carbonyl (C=O) groups excluding carboxylic acids is 1. The molecular weight excluding hydrogens is 380 g/mol. The van der Waals surface area contributed by atoms with Gasteiger partial charge in [0.15, 0.2) is 5.78 Å². The third-order valence-corrected chi connectivity index (χ3v) is 6.64. The van der Waals surface area contributed by atoms with Crippen LogP contribution in [0.2, 0.25) is 5.02 Å². The SMILES string of the molecule is Nc1sc2c(c1C(=O)c1cnn(-c3ccc(Cl)cc3)c1)CCN(C1CC1)C2. The van der Waals surface area contributed by atoms with Crippen molar-refractivity contribution in [1.29, 1.82) is 0 Å². The first kappa shape index (κ1) is 17.0. The molecule has 0 amide bonds. The first-order valence-corrected chi connectivity index (χ1v) is 10.3. The topological polar surface area (TPSA) is 64.2 Å². The lowest BCUT2D eigenvalue weighted by Gasteiger charge is -2.26. The Morgan fingerprint density at radius 3 is 2.78 bits per heavy atom. The number of halogens is 1. The number of hydrogen-bond acceptors (Lipinski definition) is 5. The molecule has 1 aliphatic carbocycles. The number of nitrogens with two attached hydrogens (primary N) is 1. The van der Waals surface area contributed by atoms with Gasteiger partial charge in [0.1, 0.15) is 0 Å². The number of thiophene rings is 1. The van der Waals surface area contributed by atoms with Crippen LogP contribution in [0, 0.1) is 0 Å². The summed E-state index contributed by atoms with van der Waals surface area (Å²) in [6, 6.07) is 8.09. The van der Waals surface area contributed by atoms with Crippen LogP contribution in [-0.4, -0.2) is 33.1 Å². The summed E-state index contributed by atoms with van der Waals surface area (Å²) in [5.41, 5.74) is 9.50. The standard InChI is InChI=1S/C20H19ClN4OS/c21-13-1-3-15(4-2-13)25-10-12(9-23-25)19(26)18-16-7-8-24(14-5-6-14)11-17(16)27-20(18)22/h1-4,9-10,14H,5-8,11,22H2. The summed E-state index contributed by atoms with van der Waals surface area (Å²) in [5.74, 6) is -0.0370. The fourth-order valence-corrected chi connectivity index (χ4v) is 5.03. The van der Waals surface area contributed by atoms with Crippen LogP contribution in [-0.2, 0) is 13.0 Å². The molecule has 2 aromatic heterocycles. The maximum absolute atomic E-state index is 13.2. The minimum absolute atomic E-state index is 0.0370. The van der Waals surface area contributed by atoms with E-state index in [4.69, 9.17) is 17.3 Å². The number of anilines is 1. The Morgan fingerprint density at radius 2 is 2.04 bits per heavy atom. The predicted molar refractivity (Wildman–Crippen MR) is 108 cm³/mol. The minimum atomic E-state index is -0.0370. The van der Waals surface area contributed by atoms with Gasteiger partial charge in [0.25, 0.3) is 0 Å². The average molecular weight is 399 g/mol. The van der Waals surface area contributed by atoms with Gasteiger partial charge in [-0.1, -0.05) is 11.6 Å². The fraction of sp³-hybridized carbons (Fsp3) is 0.300. The van der Waals surface area contributed by atoms with Crippen molar-refractivity contribution in [2.45, 2.75) is 31.8 Å². The number of ketones is 1. The van der Waals surface area contributed by atoms with Crippen LogP contribution >= 0.6 is 22.9 Å². The highest BCUT2D eigenvalue weighted by Crippen LogP contribution is 2.39. The molecule has 0 unspecified atom stereocenters. The van der Waals surface area contributed by atoms with Crippen molar-refractivity contribution in [1.82, 2.24) is 14.7 Å². The van der Waals surface area contributed by atoms with E-state index in [1.165, 1.54) is 17.7 Å². The fourth-order valence-electron chi connectivity index (χ4n) is 3.76. The third-order valence-electron chi connectivity index (χ3n) is 5.34. The van der Waals surface area contributed by atoms with E-state index in [2.05, 4.69) is 10.00 Å². The highest BCUT2D eigenvalue weighted by atomic mass is 35.5. The molecule has 5 nitrogen and oxygen atoms in total. The minimum Gasteiger partial charge on any atom is -0.390 e. The molecule has 0 radical (unpaired) electrons. The molecule has 1 aliphatic heterocycles. The van der Waals surface area contributed by atoms with Crippen LogP contribution in [0.15, 0.2) is 36.7 Å². The van der Waals surface area contributed by atoms with E-state index in [0.717, 1.165) is 36.8 Å². The van der Waals surface area contributed by atoms with Crippen LogP contribution in [0.5, 0.6) is 0 Å². The predicted octanol–water partition coefficient (Wildman–Crippen LogP) is 3.92. The normalized spacial score (nSPS) is 17.1. The Hall–Kier alpha value is -2.15. The number of benzene rings is 1. The maximum Gasteiger partial charge on any atom is 0.199 e. The second-order valence-corrected chi connectivity index (χ2v) is 8.75. The van der Waals surface area contributed by atoms with Gasteiger partial charge in [-0.2, -0.15) is 5.10 Å². The zero-order chi connectivity index (χ0) is 18.5. The third kappa shape index (κ3) is 3.08. The van der Waals surface area contributed by atoms with Crippen molar-refractivity contribution < 1.29 is 4.79 Å². The summed E-state index contributed by atoms with van der Waals surface area (Å²) < 4.78 is 1.69. The van der Waals surface area contributed by atoms with Crippen molar-refractivity contribution in [2.24, 2.45) is 0 Å². The number of nitrogen functional groups attached to an aromatic ring is 1. The molecule has 3 aromatic rings. The lowest BCUT2D eigenvalue weighted by molar-refractivity contribution is 0.103. The number of fused-ring (bicyclic) bond motifs is 1. The Morgan fingerprint density at radius 1 is 1.26 bits per heavy atom. The Bertz CT molecular complexity index is 1020. The summed E-state index contributed by atoms with van der Waals surface area (Å²) in [4.78, 5) is 16.9. The second-order valence-electron chi connectivity index (χ2n) is 7.17. The van der Waals surface area contributed by atoms with E-state index in [0.29, 0.717) is 21.2 Å². The first-order chi connectivity index (χ1) is 13.1. The molecule has 2 aliphatic rings. The summed E-state index contributed by atoms with van der Waals surface area (Å²) in [6.07, 6.45) is 6.86. The molecule has 7 heteroatoms. The Labute approximate surface area is 166 Å². The second kappa shape index (κ2) is 6.48. The van der Waals surface area contributed by atoms with Crippen molar-refractivity contribution in [2.75, 3.05) is 12.3 Å². The largest absolute Gasteiger partial charge is 0.390 e. The van der Waals surface area contributed by atoms with Gasteiger partial charge < -0.3 is 5.73 Å². The molecule has 27 heavy (non-hydrogen) atoms. The average Bonchev–Trinajstić information content (AvgIpc) is 3.30. The molecule has 0 bridgehead atoms. The number of carbonyl (C=O) groups is 1. The van der Waals surface area contributed by atoms with E-state index >= 15 is 0 Å². The smallest absolute Gasteiger partial charge is 0.199 e. The van der Waals surface area contributed by atoms with Gasteiger partial charge in [-0.15, -0.1) is 11.3 Å². The van der Waals surface area contributed by atoms with E-state index in [-0.39, 0.29) is 5.78 Å². The number of rotatable bonds is 4. The lowest BCUT2D eigenvalue weighted by atomic mass is 9.97. The Kier molecular flexibility index (Phi) is 4.07. The molecule has 0 saturated heterocycles. The summed E-state index contributed by atoms with van der Waals surface area (Å²) in [7, 11) is 0. The van der Waals surface area contributed by atoms with E-state index in [1.807, 2.05) is 12.1 Å². The highest BCUT2D eigenvalue weighted by molar-refractivity contribution is 7.16. The molecule has 0 atom stereocenters. The molecule has 1 aromatic carbocycles. The molecule has 1 saturated carbocycles. The maximum atomic E-state index is 13.2. The summed E-state index contributed by atoms with van der Waals surface area (Å²) >= 11 is 7.51. The van der Waals surface area contributed by atoms with Crippen LogP contribution in [0.1, 0.15) is 39.2 Å². The lowest BCUT2D eigenvalue weighted by Crippen LogP contribution is -2.32. The van der Waals surface area contributed by atoms with E-state index in [9.17, 15) is 4.79 Å². The van der Waals surface area contributed by atoms with Crippen molar-refractivity contribution in [3.05, 3.63) is 63.2 Å². The van der Waals surface area contributed by atoms with Crippen molar-refractivity contribution in [3.63, 3.8) is 0 Å². The van der Waals surface area contributed by atoms with Gasteiger partial charge >= 0.3 is 0 Å². The first-order valence-electron chi connectivity index (χ1n) is 9.09. The molecule has 5 rings (SSSR count). The summed E-state index contributed by atoms with van der Waals surface area (Å²) in [6.45, 7) is 1.93. The van der Waals surface area contributed by atoms with Crippen molar-refractivity contribution >= 4 is 33.7 Å². The molecule has 138 valence electrons. The van der Waals surface area contributed by atoms with Gasteiger partial charge in [0.05, 0.1) is 28.0 Å². The van der Waals surface area contributed by atoms with Gasteiger partial charge in [-0.05, 0) is 49.1 Å². The summed E-state index contributed by atoms with van der Waals surface area (Å²) in [5, 5.41) is 5.63. The van der Waals surface area contributed by atoms with Gasteiger partial charge in [-0.25, -0.2) is 4.68 Å². The van der Waals surface area contributed by atoms with E-state index in [1.54, 1.807) is 40.5 Å². The van der Waals surface area contributed by atoms with Crippen LogP contribution in [0.25, 0.3) is 5.69 Å². The molecular formula is C20H19ClN4OS. The molecule has 2 N–H and O–H groups in total. The Balaban J connectivity index is 1.44. The zero-order valence-electron chi connectivity index (χ0n) is 14.7. The zero-order valence-corrected chi connectivity index (χ0v) is 16.3. The van der Waals surface area contributed by atoms with Crippen LogP contribution < -0.4 is 5.73 Å².